The van der Waals surface area contributed by atoms with Gasteiger partial charge in [0.1, 0.15) is 12.6 Å². The van der Waals surface area contributed by atoms with Crippen LogP contribution in [0.2, 0.25) is 0 Å². The van der Waals surface area contributed by atoms with Gasteiger partial charge in [0, 0.05) is 11.6 Å². The van der Waals surface area contributed by atoms with Crippen molar-refractivity contribution in [2.45, 2.75) is 19.8 Å². The van der Waals surface area contributed by atoms with Crippen molar-refractivity contribution in [2.75, 3.05) is 24.6 Å². The number of amides is 1. The van der Waals surface area contributed by atoms with Crippen molar-refractivity contribution in [1.29, 1.82) is 0 Å². The van der Waals surface area contributed by atoms with Crippen LogP contribution in [0.25, 0.3) is 0 Å². The molecule has 0 radical (unpaired) electrons. The molecule has 1 amide bonds. The number of rotatable bonds is 5. The number of hydrogen-bond acceptors (Lipinski definition) is 2. The van der Waals surface area contributed by atoms with Crippen LogP contribution in [0.3, 0.4) is 0 Å². The Morgan fingerprint density at radius 2 is 2.17 bits per heavy atom. The molecule has 0 aliphatic rings. The van der Waals surface area contributed by atoms with E-state index in [1.54, 1.807) is 12.0 Å². The van der Waals surface area contributed by atoms with Crippen LogP contribution in [-0.2, 0) is 9.53 Å². The number of carbonyl (C=O) groups is 1. The topological polar surface area (TPSA) is 29.5 Å². The smallest absolute Gasteiger partial charge is 0.243 e. The van der Waals surface area contributed by atoms with Crippen molar-refractivity contribution < 1.29 is 9.53 Å². The van der Waals surface area contributed by atoms with Gasteiger partial charge in [-0.05, 0) is 33.5 Å². The quantitative estimate of drug-likeness (QED) is 0.606. The van der Waals surface area contributed by atoms with Crippen LogP contribution in [0, 0.1) is 0 Å². The molecule has 5 heteroatoms. The molecule has 0 heterocycles. The standard InChI is InChI=1S/C13H17BrClNO2/c1-9(2)10-5-4-6-11(14)13(10)16(8-18-3)12(17)7-15/h4-6,9H,7-8H2,1-3H3. The van der Waals surface area contributed by atoms with Gasteiger partial charge in [0.2, 0.25) is 5.91 Å². The van der Waals surface area contributed by atoms with Crippen molar-refractivity contribution in [3.05, 3.63) is 28.2 Å². The van der Waals surface area contributed by atoms with E-state index in [1.165, 1.54) is 0 Å². The Hall–Kier alpha value is -0.580. The Bertz CT molecular complexity index is 423. The van der Waals surface area contributed by atoms with Gasteiger partial charge < -0.3 is 4.74 Å². The predicted octanol–water partition coefficient (Wildman–Crippen LogP) is 3.75. The molecule has 0 saturated carbocycles. The van der Waals surface area contributed by atoms with Crippen LogP contribution in [0.1, 0.15) is 25.3 Å². The van der Waals surface area contributed by atoms with Gasteiger partial charge in [0.05, 0.1) is 5.69 Å². The lowest BCUT2D eigenvalue weighted by Crippen LogP contribution is -2.34. The first-order valence-electron chi connectivity index (χ1n) is 5.66. The second-order valence-corrected chi connectivity index (χ2v) is 5.33. The summed E-state index contributed by atoms with van der Waals surface area (Å²) in [6, 6.07) is 5.87. The summed E-state index contributed by atoms with van der Waals surface area (Å²) < 4.78 is 5.96. The molecule has 1 aromatic rings. The summed E-state index contributed by atoms with van der Waals surface area (Å²) in [6.45, 7) is 4.36. The number of carbonyl (C=O) groups excluding carboxylic acids is 1. The molecule has 0 fully saturated rings. The molecule has 0 aromatic heterocycles. The number of alkyl halides is 1. The van der Waals surface area contributed by atoms with Crippen molar-refractivity contribution in [3.63, 3.8) is 0 Å². The fourth-order valence-corrected chi connectivity index (χ4v) is 2.49. The number of halogens is 2. The molecule has 0 bridgehead atoms. The maximum absolute atomic E-state index is 11.9. The number of hydrogen-bond donors (Lipinski definition) is 0. The molecule has 1 aromatic carbocycles. The van der Waals surface area contributed by atoms with Crippen molar-refractivity contribution in [2.24, 2.45) is 0 Å². The zero-order valence-electron chi connectivity index (χ0n) is 10.7. The number of methoxy groups -OCH3 is 1. The van der Waals surface area contributed by atoms with Crippen LogP contribution < -0.4 is 4.90 Å². The fraction of sp³-hybridized carbons (Fsp3) is 0.462. The summed E-state index contributed by atoms with van der Waals surface area (Å²) in [4.78, 5) is 13.5. The third-order valence-corrected chi connectivity index (χ3v) is 3.45. The van der Waals surface area contributed by atoms with E-state index in [4.69, 9.17) is 16.3 Å². The summed E-state index contributed by atoms with van der Waals surface area (Å²) >= 11 is 9.15. The maximum Gasteiger partial charge on any atom is 0.243 e. The lowest BCUT2D eigenvalue weighted by molar-refractivity contribution is -0.117. The molecule has 0 spiro atoms. The van der Waals surface area contributed by atoms with Crippen LogP contribution >= 0.6 is 27.5 Å². The molecule has 100 valence electrons. The zero-order valence-corrected chi connectivity index (χ0v) is 13.1. The number of para-hydroxylation sites is 1. The number of anilines is 1. The van der Waals surface area contributed by atoms with Gasteiger partial charge >= 0.3 is 0 Å². The summed E-state index contributed by atoms with van der Waals surface area (Å²) in [5.41, 5.74) is 1.92. The normalized spacial score (nSPS) is 10.8. The zero-order chi connectivity index (χ0) is 13.7. The Morgan fingerprint density at radius 1 is 1.50 bits per heavy atom. The third kappa shape index (κ3) is 3.46. The van der Waals surface area contributed by atoms with E-state index in [2.05, 4.69) is 29.8 Å². The first-order valence-corrected chi connectivity index (χ1v) is 6.99. The van der Waals surface area contributed by atoms with E-state index < -0.39 is 0 Å². The third-order valence-electron chi connectivity index (χ3n) is 2.58. The van der Waals surface area contributed by atoms with Gasteiger partial charge in [0.25, 0.3) is 0 Å². The van der Waals surface area contributed by atoms with E-state index in [9.17, 15) is 4.79 Å². The second kappa shape index (κ2) is 7.12. The molecular weight excluding hydrogens is 318 g/mol. The first kappa shape index (κ1) is 15.5. The van der Waals surface area contributed by atoms with Crippen LogP contribution in [-0.4, -0.2) is 25.6 Å². The predicted molar refractivity (Wildman–Crippen MR) is 78.3 cm³/mol. The van der Waals surface area contributed by atoms with Crippen molar-refractivity contribution in [3.8, 4) is 0 Å². The minimum atomic E-state index is -0.174. The maximum atomic E-state index is 11.9. The molecule has 1 rings (SSSR count). The molecule has 0 unspecified atom stereocenters. The minimum absolute atomic E-state index is 0.0672. The number of benzene rings is 1. The van der Waals surface area contributed by atoms with Gasteiger partial charge in [-0.3, -0.25) is 9.69 Å². The van der Waals surface area contributed by atoms with Gasteiger partial charge in [-0.2, -0.15) is 0 Å². The molecule has 0 aliphatic heterocycles. The Balaban J connectivity index is 3.29. The highest BCUT2D eigenvalue weighted by Gasteiger charge is 2.21. The minimum Gasteiger partial charge on any atom is -0.364 e. The molecule has 3 nitrogen and oxygen atoms in total. The average molecular weight is 335 g/mol. The second-order valence-electron chi connectivity index (χ2n) is 4.21. The van der Waals surface area contributed by atoms with Crippen LogP contribution in [0.5, 0.6) is 0 Å². The van der Waals surface area contributed by atoms with Gasteiger partial charge in [-0.15, -0.1) is 11.6 Å². The van der Waals surface area contributed by atoms with Crippen molar-refractivity contribution >= 4 is 39.1 Å². The Kier molecular flexibility index (Phi) is 6.12. The highest BCUT2D eigenvalue weighted by Crippen LogP contribution is 2.34. The summed E-state index contributed by atoms with van der Waals surface area (Å²) in [5.74, 6) is 0.0645. The summed E-state index contributed by atoms with van der Waals surface area (Å²) in [7, 11) is 1.56. The summed E-state index contributed by atoms with van der Waals surface area (Å²) in [5, 5.41) is 0. The van der Waals surface area contributed by atoms with Gasteiger partial charge in [-0.1, -0.05) is 26.0 Å². The molecule has 0 atom stereocenters. The highest BCUT2D eigenvalue weighted by atomic mass is 79.9. The van der Waals surface area contributed by atoms with E-state index >= 15 is 0 Å². The summed E-state index contributed by atoms with van der Waals surface area (Å²) in [6.07, 6.45) is 0. The number of nitrogens with zero attached hydrogens (tertiary/aromatic N) is 1. The Morgan fingerprint density at radius 3 is 2.67 bits per heavy atom. The molecule has 0 N–H and O–H groups in total. The Labute approximate surface area is 121 Å². The average Bonchev–Trinajstić information content (AvgIpc) is 2.35. The van der Waals surface area contributed by atoms with Gasteiger partial charge in [-0.25, -0.2) is 0 Å². The van der Waals surface area contributed by atoms with E-state index in [0.717, 1.165) is 15.7 Å². The molecular formula is C13H17BrClNO2. The SMILES string of the molecule is COCN(C(=O)CCl)c1c(Br)cccc1C(C)C. The molecule has 0 saturated heterocycles. The van der Waals surface area contributed by atoms with E-state index in [0.29, 0.717) is 5.92 Å². The van der Waals surface area contributed by atoms with Crippen LogP contribution in [0.15, 0.2) is 22.7 Å². The first-order chi connectivity index (χ1) is 8.52. The largest absolute Gasteiger partial charge is 0.364 e. The van der Waals surface area contributed by atoms with E-state index in [-0.39, 0.29) is 18.5 Å². The monoisotopic (exact) mass is 333 g/mol. The van der Waals surface area contributed by atoms with Crippen LogP contribution in [0.4, 0.5) is 5.69 Å². The molecule has 0 aliphatic carbocycles. The highest BCUT2D eigenvalue weighted by molar-refractivity contribution is 9.10. The molecule has 18 heavy (non-hydrogen) atoms. The fourth-order valence-electron chi connectivity index (χ4n) is 1.75. The van der Waals surface area contributed by atoms with Gasteiger partial charge in [0.15, 0.2) is 0 Å². The lowest BCUT2D eigenvalue weighted by Gasteiger charge is -2.26. The lowest BCUT2D eigenvalue weighted by atomic mass is 10.0. The number of ether oxygens (including phenoxy) is 1. The van der Waals surface area contributed by atoms with E-state index in [1.807, 2.05) is 18.2 Å². The van der Waals surface area contributed by atoms with Crippen molar-refractivity contribution in [1.82, 2.24) is 0 Å².